The SMILES string of the molecule is NCCN(N)[O-]. The van der Waals surface area contributed by atoms with Crippen LogP contribution in [-0.2, 0) is 0 Å². The van der Waals surface area contributed by atoms with Gasteiger partial charge in [-0.25, -0.2) is 0 Å². The molecule has 0 unspecified atom stereocenters. The summed E-state index contributed by atoms with van der Waals surface area (Å²) in [6.45, 7) is 0.528. The van der Waals surface area contributed by atoms with Crippen LogP contribution in [0.3, 0.4) is 0 Å². The predicted molar refractivity (Wildman–Crippen MR) is 23.3 cm³/mol. The van der Waals surface area contributed by atoms with E-state index in [0.717, 1.165) is 0 Å². The van der Waals surface area contributed by atoms with Gasteiger partial charge in [0.15, 0.2) is 0 Å². The van der Waals surface area contributed by atoms with Crippen LogP contribution in [0.25, 0.3) is 0 Å². The molecular formula is C2H8N3O-. The van der Waals surface area contributed by atoms with Crippen LogP contribution >= 0.6 is 0 Å². The fourth-order valence-electron chi connectivity index (χ4n) is 0.127. The molecule has 0 saturated carbocycles. The number of hydroxylamine groups is 1. The van der Waals surface area contributed by atoms with Gasteiger partial charge < -0.3 is 16.1 Å². The van der Waals surface area contributed by atoms with E-state index in [2.05, 4.69) is 5.84 Å². The Hall–Kier alpha value is -0.160. The Kier molecular flexibility index (Phi) is 2.97. The minimum Gasteiger partial charge on any atom is -0.772 e. The zero-order valence-corrected chi connectivity index (χ0v) is 3.42. The molecule has 6 heavy (non-hydrogen) atoms. The largest absolute Gasteiger partial charge is 0.772 e. The average molecular weight is 90.1 g/mol. The van der Waals surface area contributed by atoms with E-state index >= 15 is 0 Å². The first-order valence-electron chi connectivity index (χ1n) is 1.67. The molecule has 0 rings (SSSR count). The third-order valence-corrected chi connectivity index (χ3v) is 0.349. The molecule has 0 bridgehead atoms. The molecule has 0 aromatic rings. The second-order valence-corrected chi connectivity index (χ2v) is 0.929. The second kappa shape index (κ2) is 3.05. The molecule has 0 aromatic heterocycles. The van der Waals surface area contributed by atoms with Gasteiger partial charge in [-0.2, -0.15) is 0 Å². The quantitative estimate of drug-likeness (QED) is 0.323. The van der Waals surface area contributed by atoms with Crippen LogP contribution in [-0.4, -0.2) is 18.3 Å². The van der Waals surface area contributed by atoms with E-state index in [1.165, 1.54) is 0 Å². The summed E-state index contributed by atoms with van der Waals surface area (Å²) in [7, 11) is 0. The Balaban J connectivity index is 2.63. The van der Waals surface area contributed by atoms with Crippen molar-refractivity contribution in [2.24, 2.45) is 11.6 Å². The van der Waals surface area contributed by atoms with Crippen molar-refractivity contribution in [2.45, 2.75) is 0 Å². The fourth-order valence-corrected chi connectivity index (χ4v) is 0.127. The van der Waals surface area contributed by atoms with Crippen molar-refractivity contribution in [3.63, 3.8) is 0 Å². The number of nitrogens with zero attached hydrogens (tertiary/aromatic N) is 1. The third kappa shape index (κ3) is 3.84. The van der Waals surface area contributed by atoms with E-state index in [-0.39, 0.29) is 6.54 Å². The summed E-state index contributed by atoms with van der Waals surface area (Å²) < 4.78 is 0. The lowest BCUT2D eigenvalue weighted by molar-refractivity contribution is 0.406. The van der Waals surface area contributed by atoms with E-state index < -0.39 is 0 Å². The lowest BCUT2D eigenvalue weighted by Gasteiger charge is -2.18. The summed E-state index contributed by atoms with van der Waals surface area (Å²) in [5, 5.41) is 9.96. The van der Waals surface area contributed by atoms with E-state index in [0.29, 0.717) is 11.7 Å². The molecule has 38 valence electrons. The lowest BCUT2D eigenvalue weighted by atomic mass is 10.7. The number of hydrogen-bond acceptors (Lipinski definition) is 4. The normalized spacial score (nSPS) is 10.0. The highest BCUT2D eigenvalue weighted by atomic mass is 16.5. The molecule has 4 nitrogen and oxygen atoms in total. The van der Waals surface area contributed by atoms with Crippen molar-refractivity contribution in [1.29, 1.82) is 0 Å². The van der Waals surface area contributed by atoms with Crippen LogP contribution < -0.4 is 11.6 Å². The maximum absolute atomic E-state index is 9.66. The second-order valence-electron chi connectivity index (χ2n) is 0.929. The summed E-state index contributed by atoms with van der Waals surface area (Å²) >= 11 is 0. The minimum atomic E-state index is 0.208. The lowest BCUT2D eigenvalue weighted by Crippen LogP contribution is -2.29. The van der Waals surface area contributed by atoms with Gasteiger partial charge in [0.1, 0.15) is 0 Å². The van der Waals surface area contributed by atoms with Gasteiger partial charge in [-0.15, -0.1) is 0 Å². The molecular weight excluding hydrogens is 82.0 g/mol. The van der Waals surface area contributed by atoms with Crippen molar-refractivity contribution in [3.05, 3.63) is 5.21 Å². The van der Waals surface area contributed by atoms with Gasteiger partial charge in [-0.1, -0.05) is 0 Å². The van der Waals surface area contributed by atoms with Gasteiger partial charge in [-0.3, -0.25) is 5.84 Å². The molecule has 0 aliphatic carbocycles. The highest BCUT2D eigenvalue weighted by Gasteiger charge is 1.72. The smallest absolute Gasteiger partial charge is 0.0115 e. The summed E-state index contributed by atoms with van der Waals surface area (Å²) in [5.74, 6) is 4.60. The molecule has 0 fully saturated rings. The average Bonchev–Trinajstić information content (AvgIpc) is 1.35. The van der Waals surface area contributed by atoms with Crippen LogP contribution in [0.5, 0.6) is 0 Å². The van der Waals surface area contributed by atoms with Crippen molar-refractivity contribution in [3.8, 4) is 0 Å². The van der Waals surface area contributed by atoms with Gasteiger partial charge in [0, 0.05) is 13.1 Å². The molecule has 0 aliphatic rings. The standard InChI is InChI=1S/C2H8N3O/c3-1-2-5(4)6/h1-4H2/q-1. The summed E-state index contributed by atoms with van der Waals surface area (Å²) in [6.07, 6.45) is 0. The topological polar surface area (TPSA) is 78.3 Å². The summed E-state index contributed by atoms with van der Waals surface area (Å²) in [4.78, 5) is 0. The van der Waals surface area contributed by atoms with Crippen LogP contribution in [0.1, 0.15) is 0 Å². The van der Waals surface area contributed by atoms with E-state index in [1.807, 2.05) is 0 Å². The van der Waals surface area contributed by atoms with Gasteiger partial charge in [0.05, 0.1) is 0 Å². The molecule has 4 N–H and O–H groups in total. The Morgan fingerprint density at radius 2 is 2.17 bits per heavy atom. The van der Waals surface area contributed by atoms with Gasteiger partial charge >= 0.3 is 0 Å². The van der Waals surface area contributed by atoms with Crippen molar-refractivity contribution in [2.75, 3.05) is 13.1 Å². The zero-order valence-electron chi connectivity index (χ0n) is 3.42. The number of rotatable bonds is 2. The Labute approximate surface area is 36.3 Å². The molecule has 0 radical (unpaired) electrons. The molecule has 0 aromatic carbocycles. The molecule has 0 heterocycles. The van der Waals surface area contributed by atoms with Crippen LogP contribution in [0.2, 0.25) is 0 Å². The molecule has 0 saturated heterocycles. The zero-order chi connectivity index (χ0) is 4.99. The van der Waals surface area contributed by atoms with Gasteiger partial charge in [-0.05, 0) is 0 Å². The monoisotopic (exact) mass is 90.1 g/mol. The first-order chi connectivity index (χ1) is 2.77. The maximum atomic E-state index is 9.66. The summed E-state index contributed by atoms with van der Waals surface area (Å²) in [5.41, 5.74) is 4.91. The van der Waals surface area contributed by atoms with Crippen molar-refractivity contribution in [1.82, 2.24) is 5.17 Å². The van der Waals surface area contributed by atoms with Crippen molar-refractivity contribution >= 4 is 0 Å². The maximum Gasteiger partial charge on any atom is 0.0115 e. The highest BCUT2D eigenvalue weighted by molar-refractivity contribution is 4.43. The predicted octanol–water partition coefficient (Wildman–Crippen LogP) is -1.38. The third-order valence-electron chi connectivity index (χ3n) is 0.349. The highest BCUT2D eigenvalue weighted by Crippen LogP contribution is 1.61. The summed E-state index contributed by atoms with van der Waals surface area (Å²) in [6, 6.07) is 0. The van der Waals surface area contributed by atoms with E-state index in [1.54, 1.807) is 0 Å². The Bertz CT molecular complexity index is 30.0. The number of hydrazine groups is 1. The number of nitrogens with two attached hydrogens (primary N) is 2. The molecule has 0 amide bonds. The van der Waals surface area contributed by atoms with E-state index in [9.17, 15) is 5.21 Å². The Morgan fingerprint density at radius 3 is 2.17 bits per heavy atom. The first-order valence-corrected chi connectivity index (χ1v) is 1.67. The van der Waals surface area contributed by atoms with Crippen LogP contribution in [0.4, 0.5) is 0 Å². The van der Waals surface area contributed by atoms with Crippen molar-refractivity contribution < 1.29 is 0 Å². The molecule has 0 aliphatic heterocycles. The fraction of sp³-hybridized carbons (Fsp3) is 1.00. The molecule has 0 atom stereocenters. The number of hydrogen-bond donors (Lipinski definition) is 2. The van der Waals surface area contributed by atoms with Gasteiger partial charge in [0.2, 0.25) is 0 Å². The first kappa shape index (κ1) is 5.84. The molecule has 0 spiro atoms. The van der Waals surface area contributed by atoms with Gasteiger partial charge in [0.25, 0.3) is 0 Å². The Morgan fingerprint density at radius 1 is 1.67 bits per heavy atom. The van der Waals surface area contributed by atoms with E-state index in [4.69, 9.17) is 5.73 Å². The molecule has 4 heteroatoms. The van der Waals surface area contributed by atoms with Crippen LogP contribution in [0.15, 0.2) is 0 Å². The van der Waals surface area contributed by atoms with Crippen LogP contribution in [0, 0.1) is 5.21 Å². The minimum absolute atomic E-state index is 0.208.